The molecule has 3 nitrogen and oxygen atoms in total. The molecule has 0 aliphatic carbocycles. The van der Waals surface area contributed by atoms with Gasteiger partial charge in [0.15, 0.2) is 0 Å². The highest BCUT2D eigenvalue weighted by Gasteiger charge is 2.26. The Bertz CT molecular complexity index is 440. The van der Waals surface area contributed by atoms with Crippen LogP contribution in [-0.4, -0.2) is 12.5 Å². The number of carbonyl (C=O) groups excluding carboxylic acids is 1. The molecule has 0 bridgehead atoms. The van der Waals surface area contributed by atoms with Crippen molar-refractivity contribution in [3.05, 3.63) is 23.3 Å². The fourth-order valence-corrected chi connectivity index (χ4v) is 2.58. The van der Waals surface area contributed by atoms with Crippen LogP contribution in [0.15, 0.2) is 12.1 Å². The fourth-order valence-electron chi connectivity index (χ4n) is 2.58. The van der Waals surface area contributed by atoms with Crippen molar-refractivity contribution in [3.63, 3.8) is 0 Å². The molecule has 1 heterocycles. The van der Waals surface area contributed by atoms with Crippen molar-refractivity contribution in [2.75, 3.05) is 17.2 Å². The van der Waals surface area contributed by atoms with Crippen LogP contribution < -0.4 is 10.6 Å². The van der Waals surface area contributed by atoms with Crippen molar-refractivity contribution in [1.82, 2.24) is 0 Å². The molecule has 92 valence electrons. The van der Waals surface area contributed by atoms with E-state index in [9.17, 15) is 4.79 Å². The zero-order valence-electron chi connectivity index (χ0n) is 10.6. The minimum Gasteiger partial charge on any atom is -0.398 e. The quantitative estimate of drug-likeness (QED) is 0.814. The van der Waals surface area contributed by atoms with Crippen molar-refractivity contribution in [3.8, 4) is 0 Å². The third-order valence-corrected chi connectivity index (χ3v) is 3.48. The predicted molar refractivity (Wildman–Crippen MR) is 71.2 cm³/mol. The van der Waals surface area contributed by atoms with E-state index in [4.69, 9.17) is 5.73 Å². The van der Waals surface area contributed by atoms with Gasteiger partial charge in [-0.3, -0.25) is 4.79 Å². The molecular weight excluding hydrogens is 212 g/mol. The molecule has 1 amide bonds. The number of aryl methyl sites for hydroxylation is 1. The summed E-state index contributed by atoms with van der Waals surface area (Å²) in [7, 11) is 0. The molecule has 1 aromatic rings. The first kappa shape index (κ1) is 12.0. The van der Waals surface area contributed by atoms with Gasteiger partial charge in [-0.1, -0.05) is 19.9 Å². The lowest BCUT2D eigenvalue weighted by atomic mass is 10.00. The summed E-state index contributed by atoms with van der Waals surface area (Å²) in [4.78, 5) is 13.8. The van der Waals surface area contributed by atoms with Crippen LogP contribution in [0.25, 0.3) is 0 Å². The van der Waals surface area contributed by atoms with E-state index in [1.54, 1.807) is 0 Å². The van der Waals surface area contributed by atoms with E-state index in [1.165, 1.54) is 5.56 Å². The van der Waals surface area contributed by atoms with E-state index in [2.05, 4.69) is 19.9 Å². The van der Waals surface area contributed by atoms with Crippen LogP contribution in [0.3, 0.4) is 0 Å². The molecule has 1 saturated heterocycles. The molecule has 2 rings (SSSR count). The van der Waals surface area contributed by atoms with Crippen LogP contribution in [0, 0.1) is 0 Å². The number of nitrogen functional groups attached to an aromatic ring is 1. The predicted octanol–water partition coefficient (Wildman–Crippen LogP) is 2.52. The van der Waals surface area contributed by atoms with Gasteiger partial charge in [-0.25, -0.2) is 0 Å². The number of rotatable bonds is 3. The minimum atomic E-state index is 0.236. The molecular formula is C14H20N2O. The molecule has 0 saturated carbocycles. The van der Waals surface area contributed by atoms with E-state index in [0.717, 1.165) is 42.7 Å². The number of hydrogen-bond donors (Lipinski definition) is 1. The molecule has 0 atom stereocenters. The number of nitrogens with two attached hydrogens (primary N) is 1. The maximum absolute atomic E-state index is 11.9. The Hall–Kier alpha value is -1.51. The van der Waals surface area contributed by atoms with Crippen LogP contribution >= 0.6 is 0 Å². The molecule has 1 aliphatic rings. The molecule has 0 spiro atoms. The van der Waals surface area contributed by atoms with E-state index >= 15 is 0 Å². The van der Waals surface area contributed by atoms with Gasteiger partial charge in [0.05, 0.1) is 5.69 Å². The van der Waals surface area contributed by atoms with Gasteiger partial charge < -0.3 is 10.6 Å². The van der Waals surface area contributed by atoms with Gasteiger partial charge in [-0.2, -0.15) is 0 Å². The average Bonchev–Trinajstić information content (AvgIpc) is 2.74. The molecule has 1 fully saturated rings. The molecule has 0 radical (unpaired) electrons. The van der Waals surface area contributed by atoms with Crippen LogP contribution in [0.2, 0.25) is 0 Å². The summed E-state index contributed by atoms with van der Waals surface area (Å²) < 4.78 is 0. The monoisotopic (exact) mass is 232 g/mol. The van der Waals surface area contributed by atoms with Crippen LogP contribution in [-0.2, 0) is 17.6 Å². The lowest BCUT2D eigenvalue weighted by Gasteiger charge is -2.24. The van der Waals surface area contributed by atoms with Gasteiger partial charge in [0.1, 0.15) is 0 Å². The highest BCUT2D eigenvalue weighted by molar-refractivity contribution is 5.97. The first-order valence-corrected chi connectivity index (χ1v) is 6.39. The van der Waals surface area contributed by atoms with Gasteiger partial charge >= 0.3 is 0 Å². The second-order valence-electron chi connectivity index (χ2n) is 4.50. The highest BCUT2D eigenvalue weighted by Crippen LogP contribution is 2.33. The first-order chi connectivity index (χ1) is 8.19. The number of benzene rings is 1. The van der Waals surface area contributed by atoms with Gasteiger partial charge in [0, 0.05) is 18.7 Å². The maximum Gasteiger partial charge on any atom is 0.227 e. The Morgan fingerprint density at radius 3 is 2.59 bits per heavy atom. The summed E-state index contributed by atoms with van der Waals surface area (Å²) in [5.41, 5.74) is 10.3. The third-order valence-electron chi connectivity index (χ3n) is 3.48. The van der Waals surface area contributed by atoms with E-state index in [-0.39, 0.29) is 5.91 Å². The molecule has 0 unspecified atom stereocenters. The molecule has 3 heteroatoms. The topological polar surface area (TPSA) is 46.3 Å². The minimum absolute atomic E-state index is 0.236. The molecule has 2 N–H and O–H groups in total. The van der Waals surface area contributed by atoms with Crippen molar-refractivity contribution >= 4 is 17.3 Å². The number of anilines is 2. The highest BCUT2D eigenvalue weighted by atomic mass is 16.2. The summed E-state index contributed by atoms with van der Waals surface area (Å²) in [6, 6.07) is 4.01. The Morgan fingerprint density at radius 1 is 1.29 bits per heavy atom. The smallest absolute Gasteiger partial charge is 0.227 e. The van der Waals surface area contributed by atoms with Crippen LogP contribution in [0.1, 0.15) is 37.8 Å². The first-order valence-electron chi connectivity index (χ1n) is 6.39. The fraction of sp³-hybridized carbons (Fsp3) is 0.500. The molecule has 1 aliphatic heterocycles. The summed E-state index contributed by atoms with van der Waals surface area (Å²) in [6.45, 7) is 5.05. The van der Waals surface area contributed by atoms with Crippen LogP contribution in [0.5, 0.6) is 0 Å². The molecule has 17 heavy (non-hydrogen) atoms. The van der Waals surface area contributed by atoms with Crippen molar-refractivity contribution in [2.24, 2.45) is 0 Å². The number of amides is 1. The van der Waals surface area contributed by atoms with Crippen molar-refractivity contribution in [2.45, 2.75) is 39.5 Å². The van der Waals surface area contributed by atoms with E-state index in [0.29, 0.717) is 6.42 Å². The van der Waals surface area contributed by atoms with E-state index in [1.807, 2.05) is 11.0 Å². The summed E-state index contributed by atoms with van der Waals surface area (Å²) >= 11 is 0. The summed E-state index contributed by atoms with van der Waals surface area (Å²) in [5.74, 6) is 0.236. The average molecular weight is 232 g/mol. The summed E-state index contributed by atoms with van der Waals surface area (Å²) in [6.07, 6.45) is 3.44. The Balaban J connectivity index is 2.55. The Kier molecular flexibility index (Phi) is 3.36. The van der Waals surface area contributed by atoms with Gasteiger partial charge in [0.2, 0.25) is 5.91 Å². The third kappa shape index (κ3) is 2.02. The molecule has 0 aromatic heterocycles. The maximum atomic E-state index is 11.9. The van der Waals surface area contributed by atoms with Gasteiger partial charge in [0.25, 0.3) is 0 Å². The second kappa shape index (κ2) is 4.78. The lowest BCUT2D eigenvalue weighted by molar-refractivity contribution is -0.117. The lowest BCUT2D eigenvalue weighted by Crippen LogP contribution is -2.26. The number of carbonyl (C=O) groups is 1. The van der Waals surface area contributed by atoms with Crippen LogP contribution in [0.4, 0.5) is 11.4 Å². The number of hydrogen-bond acceptors (Lipinski definition) is 2. The summed E-state index contributed by atoms with van der Waals surface area (Å²) in [5, 5.41) is 0. The zero-order chi connectivity index (χ0) is 12.4. The normalized spacial score (nSPS) is 15.6. The second-order valence-corrected chi connectivity index (χ2v) is 4.50. The van der Waals surface area contributed by atoms with Gasteiger partial charge in [-0.15, -0.1) is 0 Å². The largest absolute Gasteiger partial charge is 0.398 e. The van der Waals surface area contributed by atoms with E-state index < -0.39 is 0 Å². The molecule has 1 aromatic carbocycles. The number of nitrogens with zero attached hydrogens (tertiary/aromatic N) is 1. The van der Waals surface area contributed by atoms with Crippen molar-refractivity contribution in [1.29, 1.82) is 0 Å². The Labute approximate surface area is 103 Å². The standard InChI is InChI=1S/C14H20N2O/c1-3-10-7-8-12(15)11(4-2)14(10)16-9-5-6-13(16)17/h7-8H,3-6,9,15H2,1-2H3. The Morgan fingerprint density at radius 2 is 2.06 bits per heavy atom. The SMILES string of the molecule is CCc1ccc(N)c(CC)c1N1CCCC1=O. The zero-order valence-corrected chi connectivity index (χ0v) is 10.6. The van der Waals surface area contributed by atoms with Crippen molar-refractivity contribution < 1.29 is 4.79 Å². The van der Waals surface area contributed by atoms with Gasteiger partial charge in [-0.05, 0) is 36.5 Å².